The summed E-state index contributed by atoms with van der Waals surface area (Å²) in [6.07, 6.45) is 0.970. The fourth-order valence-electron chi connectivity index (χ4n) is 3.27. The van der Waals surface area contributed by atoms with E-state index in [0.29, 0.717) is 24.1 Å². The number of rotatable bonds is 6. The maximum atomic E-state index is 12.6. The van der Waals surface area contributed by atoms with Crippen LogP contribution in [0.4, 0.5) is 5.69 Å². The minimum absolute atomic E-state index is 0.0437. The molecule has 0 atom stereocenters. The van der Waals surface area contributed by atoms with Gasteiger partial charge in [-0.05, 0) is 49.4 Å². The molecule has 0 saturated carbocycles. The van der Waals surface area contributed by atoms with Crippen molar-refractivity contribution >= 4 is 17.5 Å². The summed E-state index contributed by atoms with van der Waals surface area (Å²) in [7, 11) is 3.69. The van der Waals surface area contributed by atoms with Crippen LogP contribution in [0.5, 0.6) is 5.75 Å². The Balaban J connectivity index is 1.52. The highest BCUT2D eigenvalue weighted by Gasteiger charge is 2.20. The number of ether oxygens (including phenoxy) is 1. The molecule has 1 aliphatic heterocycles. The molecule has 2 aromatic carbocycles. The standard InChI is InChI=1S/C22H27N3O3/c1-24-13-15-25(16-14-24)22(27)18-7-10-19(11-8-18)23-21(26)12-9-17-5-3-4-6-20(17)28-2/h3-8,10-11H,9,12-16H2,1-2H3,(H,23,26). The lowest BCUT2D eigenvalue weighted by Gasteiger charge is -2.32. The number of hydrogen-bond donors (Lipinski definition) is 1. The van der Waals surface area contributed by atoms with E-state index in [9.17, 15) is 9.59 Å². The van der Waals surface area contributed by atoms with Crippen molar-refractivity contribution in [2.24, 2.45) is 0 Å². The molecule has 6 nitrogen and oxygen atoms in total. The lowest BCUT2D eigenvalue weighted by Crippen LogP contribution is -2.47. The van der Waals surface area contributed by atoms with Crippen LogP contribution in [0.3, 0.4) is 0 Å². The largest absolute Gasteiger partial charge is 0.496 e. The Labute approximate surface area is 166 Å². The van der Waals surface area contributed by atoms with E-state index < -0.39 is 0 Å². The van der Waals surface area contributed by atoms with E-state index in [1.54, 1.807) is 31.4 Å². The van der Waals surface area contributed by atoms with Crippen LogP contribution in [0.2, 0.25) is 0 Å². The second-order valence-corrected chi connectivity index (χ2v) is 7.03. The number of amides is 2. The highest BCUT2D eigenvalue weighted by atomic mass is 16.5. The number of nitrogens with one attached hydrogen (secondary N) is 1. The van der Waals surface area contributed by atoms with E-state index in [0.717, 1.165) is 37.5 Å². The molecule has 148 valence electrons. The molecule has 3 rings (SSSR count). The topological polar surface area (TPSA) is 61.9 Å². The highest BCUT2D eigenvalue weighted by molar-refractivity contribution is 5.96. The van der Waals surface area contributed by atoms with Crippen LogP contribution in [0.1, 0.15) is 22.3 Å². The number of nitrogens with zero attached hydrogens (tertiary/aromatic N) is 2. The molecule has 0 unspecified atom stereocenters. The van der Waals surface area contributed by atoms with Crippen LogP contribution in [-0.4, -0.2) is 62.0 Å². The first-order valence-electron chi connectivity index (χ1n) is 9.56. The summed E-state index contributed by atoms with van der Waals surface area (Å²) in [4.78, 5) is 28.9. The fourth-order valence-corrected chi connectivity index (χ4v) is 3.27. The van der Waals surface area contributed by atoms with Crippen LogP contribution < -0.4 is 10.1 Å². The van der Waals surface area contributed by atoms with Crippen molar-refractivity contribution in [1.82, 2.24) is 9.80 Å². The van der Waals surface area contributed by atoms with Crippen molar-refractivity contribution < 1.29 is 14.3 Å². The number of methoxy groups -OCH3 is 1. The van der Waals surface area contributed by atoms with E-state index in [-0.39, 0.29) is 11.8 Å². The van der Waals surface area contributed by atoms with Crippen molar-refractivity contribution in [3.63, 3.8) is 0 Å². The number of hydrogen-bond acceptors (Lipinski definition) is 4. The number of piperazine rings is 1. The van der Waals surface area contributed by atoms with E-state index >= 15 is 0 Å². The Morgan fingerprint density at radius 2 is 1.68 bits per heavy atom. The third kappa shape index (κ3) is 5.10. The Hall–Kier alpha value is -2.86. The smallest absolute Gasteiger partial charge is 0.253 e. The normalized spacial score (nSPS) is 14.6. The van der Waals surface area contributed by atoms with E-state index in [2.05, 4.69) is 17.3 Å². The second-order valence-electron chi connectivity index (χ2n) is 7.03. The molecule has 1 N–H and O–H groups in total. The van der Waals surface area contributed by atoms with Gasteiger partial charge in [-0.25, -0.2) is 0 Å². The molecule has 2 aromatic rings. The van der Waals surface area contributed by atoms with Gasteiger partial charge in [0.05, 0.1) is 7.11 Å². The van der Waals surface area contributed by atoms with Crippen molar-refractivity contribution in [2.45, 2.75) is 12.8 Å². The van der Waals surface area contributed by atoms with E-state index in [4.69, 9.17) is 4.74 Å². The zero-order valence-corrected chi connectivity index (χ0v) is 16.5. The maximum absolute atomic E-state index is 12.6. The van der Waals surface area contributed by atoms with Gasteiger partial charge < -0.3 is 19.9 Å². The first kappa shape index (κ1) is 19.9. The fraction of sp³-hybridized carbons (Fsp3) is 0.364. The molecule has 0 spiro atoms. The third-order valence-electron chi connectivity index (χ3n) is 5.02. The number of para-hydroxylation sites is 1. The molecule has 0 aromatic heterocycles. The maximum Gasteiger partial charge on any atom is 0.253 e. The van der Waals surface area contributed by atoms with Gasteiger partial charge in [-0.3, -0.25) is 9.59 Å². The average Bonchev–Trinajstić information content (AvgIpc) is 2.73. The minimum atomic E-state index is -0.0657. The van der Waals surface area contributed by atoms with Crippen molar-refractivity contribution in [3.8, 4) is 5.75 Å². The second kappa shape index (κ2) is 9.37. The quantitative estimate of drug-likeness (QED) is 0.836. The molecule has 0 aliphatic carbocycles. The lowest BCUT2D eigenvalue weighted by atomic mass is 10.1. The van der Waals surface area contributed by atoms with E-state index in [1.807, 2.05) is 29.2 Å². The number of anilines is 1. The summed E-state index contributed by atoms with van der Waals surface area (Å²) in [6, 6.07) is 14.8. The van der Waals surface area contributed by atoms with Gasteiger partial charge in [0.15, 0.2) is 0 Å². The van der Waals surface area contributed by atoms with Gasteiger partial charge in [-0.1, -0.05) is 18.2 Å². The van der Waals surface area contributed by atoms with Gasteiger partial charge in [0.1, 0.15) is 5.75 Å². The molecule has 1 saturated heterocycles. The predicted octanol–water partition coefficient (Wildman–Crippen LogP) is 2.65. The Morgan fingerprint density at radius 1 is 1.00 bits per heavy atom. The van der Waals surface area contributed by atoms with Crippen molar-refractivity contribution in [2.75, 3.05) is 45.7 Å². The zero-order chi connectivity index (χ0) is 19.9. The molecule has 1 heterocycles. The SMILES string of the molecule is COc1ccccc1CCC(=O)Nc1ccc(C(=O)N2CCN(C)CC2)cc1. The summed E-state index contributed by atoms with van der Waals surface area (Å²) in [6.45, 7) is 3.28. The molecule has 1 aliphatic rings. The number of aryl methyl sites for hydroxylation is 1. The van der Waals surface area contributed by atoms with E-state index in [1.165, 1.54) is 0 Å². The molecule has 2 amide bonds. The first-order chi connectivity index (χ1) is 13.6. The monoisotopic (exact) mass is 381 g/mol. The summed E-state index contributed by atoms with van der Waals surface area (Å²) in [5, 5.41) is 2.89. The van der Waals surface area contributed by atoms with Crippen LogP contribution in [-0.2, 0) is 11.2 Å². The van der Waals surface area contributed by atoms with Gasteiger partial charge in [0.25, 0.3) is 5.91 Å². The van der Waals surface area contributed by atoms with Gasteiger partial charge in [0.2, 0.25) is 5.91 Å². The van der Waals surface area contributed by atoms with Gasteiger partial charge in [0, 0.05) is 43.9 Å². The zero-order valence-electron chi connectivity index (χ0n) is 16.5. The van der Waals surface area contributed by atoms with Crippen LogP contribution in [0, 0.1) is 0 Å². The number of carbonyl (C=O) groups is 2. The molecule has 0 radical (unpaired) electrons. The van der Waals surface area contributed by atoms with Crippen LogP contribution in [0.25, 0.3) is 0 Å². The summed E-state index contributed by atoms with van der Waals surface area (Å²) >= 11 is 0. The molecule has 6 heteroatoms. The Kier molecular flexibility index (Phi) is 6.66. The number of benzene rings is 2. The van der Waals surface area contributed by atoms with Crippen LogP contribution >= 0.6 is 0 Å². The van der Waals surface area contributed by atoms with Gasteiger partial charge >= 0.3 is 0 Å². The molecular weight excluding hydrogens is 354 g/mol. The summed E-state index contributed by atoms with van der Waals surface area (Å²) in [5.41, 5.74) is 2.35. The first-order valence-corrected chi connectivity index (χ1v) is 9.56. The van der Waals surface area contributed by atoms with Gasteiger partial charge in [-0.2, -0.15) is 0 Å². The Bertz CT molecular complexity index is 812. The van der Waals surface area contributed by atoms with Crippen molar-refractivity contribution in [3.05, 3.63) is 59.7 Å². The van der Waals surface area contributed by atoms with Gasteiger partial charge in [-0.15, -0.1) is 0 Å². The van der Waals surface area contributed by atoms with Crippen LogP contribution in [0.15, 0.2) is 48.5 Å². The highest BCUT2D eigenvalue weighted by Crippen LogP contribution is 2.19. The number of carbonyl (C=O) groups excluding carboxylic acids is 2. The lowest BCUT2D eigenvalue weighted by molar-refractivity contribution is -0.116. The van der Waals surface area contributed by atoms with Crippen molar-refractivity contribution in [1.29, 1.82) is 0 Å². The molecule has 0 bridgehead atoms. The molecule has 1 fully saturated rings. The number of likely N-dealkylation sites (N-methyl/N-ethyl adjacent to an activating group) is 1. The summed E-state index contributed by atoms with van der Waals surface area (Å²) < 4.78 is 5.32. The average molecular weight is 381 g/mol. The predicted molar refractivity (Wildman–Crippen MR) is 110 cm³/mol. The third-order valence-corrected chi connectivity index (χ3v) is 5.02. The molecule has 28 heavy (non-hydrogen) atoms. The Morgan fingerprint density at radius 3 is 2.36 bits per heavy atom. The minimum Gasteiger partial charge on any atom is -0.496 e. The molecular formula is C22H27N3O3. The summed E-state index contributed by atoms with van der Waals surface area (Å²) in [5.74, 6) is 0.772.